The highest BCUT2D eigenvalue weighted by Gasteiger charge is 2.20. The molecule has 156 valence electrons. The van der Waals surface area contributed by atoms with Crippen molar-refractivity contribution in [2.24, 2.45) is 11.8 Å². The van der Waals surface area contributed by atoms with Gasteiger partial charge in [0.15, 0.2) is 0 Å². The minimum absolute atomic E-state index is 0.0929. The van der Waals surface area contributed by atoms with Crippen LogP contribution in [0.3, 0.4) is 0 Å². The van der Waals surface area contributed by atoms with Gasteiger partial charge in [0.2, 0.25) is 0 Å². The molecule has 3 rings (SSSR count). The summed E-state index contributed by atoms with van der Waals surface area (Å²) >= 11 is 0. The zero-order chi connectivity index (χ0) is 20.5. The van der Waals surface area contributed by atoms with E-state index in [-0.39, 0.29) is 5.82 Å². The maximum Gasteiger partial charge on any atom is 0.131 e. The van der Waals surface area contributed by atoms with Crippen molar-refractivity contribution < 1.29 is 4.39 Å². The second-order valence-electron chi connectivity index (χ2n) is 8.91. The van der Waals surface area contributed by atoms with Crippen LogP contribution in [0.4, 0.5) is 4.39 Å². The lowest BCUT2D eigenvalue weighted by molar-refractivity contribution is 0.250. The minimum Gasteiger partial charge on any atom is -0.206 e. The second-order valence-corrected chi connectivity index (χ2v) is 8.91. The fraction of sp³-hybridized carbons (Fsp3) is 0.500. The fourth-order valence-corrected chi connectivity index (χ4v) is 4.74. The molecule has 0 spiro atoms. The van der Waals surface area contributed by atoms with Gasteiger partial charge in [-0.3, -0.25) is 0 Å². The Labute approximate surface area is 177 Å². The first-order valence-corrected chi connectivity index (χ1v) is 11.7. The molecule has 0 nitrogen and oxygen atoms in total. The van der Waals surface area contributed by atoms with Gasteiger partial charge in [0.25, 0.3) is 0 Å². The Morgan fingerprint density at radius 3 is 2.17 bits per heavy atom. The molecular formula is C28H37F. The van der Waals surface area contributed by atoms with Gasteiger partial charge < -0.3 is 0 Å². The summed E-state index contributed by atoms with van der Waals surface area (Å²) in [6.07, 6.45) is 15.8. The summed E-state index contributed by atoms with van der Waals surface area (Å²) in [5, 5.41) is 0. The van der Waals surface area contributed by atoms with Crippen LogP contribution in [0.25, 0.3) is 11.1 Å². The number of halogens is 1. The van der Waals surface area contributed by atoms with Crippen LogP contribution in [0.2, 0.25) is 0 Å². The Balaban J connectivity index is 1.51. The van der Waals surface area contributed by atoms with Crippen LogP contribution >= 0.6 is 0 Å². The topological polar surface area (TPSA) is 0 Å². The van der Waals surface area contributed by atoms with Crippen molar-refractivity contribution in [3.8, 4) is 11.1 Å². The van der Waals surface area contributed by atoms with E-state index >= 15 is 0 Å². The van der Waals surface area contributed by atoms with Gasteiger partial charge in [0.1, 0.15) is 5.82 Å². The number of benzene rings is 2. The monoisotopic (exact) mass is 392 g/mol. The summed E-state index contributed by atoms with van der Waals surface area (Å²) in [4.78, 5) is 0. The third-order valence-electron chi connectivity index (χ3n) is 6.71. The summed E-state index contributed by atoms with van der Waals surface area (Å²) in [7, 11) is 0. The first-order chi connectivity index (χ1) is 14.2. The van der Waals surface area contributed by atoms with E-state index in [4.69, 9.17) is 0 Å². The van der Waals surface area contributed by atoms with Gasteiger partial charge in [-0.2, -0.15) is 0 Å². The Bertz CT molecular complexity index is 750. The molecular weight excluding hydrogens is 355 g/mol. The van der Waals surface area contributed by atoms with E-state index in [1.165, 1.54) is 56.9 Å². The van der Waals surface area contributed by atoms with Crippen molar-refractivity contribution in [2.75, 3.05) is 0 Å². The van der Waals surface area contributed by atoms with Gasteiger partial charge in [-0.1, -0.05) is 94.3 Å². The molecule has 0 saturated heterocycles. The standard InChI is InChI=1S/C28H37F/c1-3-5-7-22-9-11-24(12-10-22)13-14-25-17-20-27(28(29)21-25)26-18-15-23(16-19-26)8-6-4-2/h4,15-22,24H,2-3,5-14H2,1H3. The predicted octanol–water partition coefficient (Wildman–Crippen LogP) is 8.54. The number of rotatable bonds is 10. The highest BCUT2D eigenvalue weighted by Crippen LogP contribution is 2.34. The predicted molar refractivity (Wildman–Crippen MR) is 124 cm³/mol. The van der Waals surface area contributed by atoms with Gasteiger partial charge in [0, 0.05) is 5.56 Å². The number of aryl methyl sites for hydroxylation is 2. The molecule has 1 heteroatoms. The smallest absolute Gasteiger partial charge is 0.131 e. The Morgan fingerprint density at radius 2 is 1.55 bits per heavy atom. The summed E-state index contributed by atoms with van der Waals surface area (Å²) in [5.74, 6) is 1.70. The SMILES string of the molecule is C=CCCc1ccc(-c2ccc(CCC3CCC(CCCC)CC3)cc2F)cc1. The molecule has 2 aromatic carbocycles. The average Bonchev–Trinajstić information content (AvgIpc) is 2.76. The third kappa shape index (κ3) is 6.56. The summed E-state index contributed by atoms with van der Waals surface area (Å²) in [6.45, 7) is 6.06. The van der Waals surface area contributed by atoms with Crippen LogP contribution < -0.4 is 0 Å². The van der Waals surface area contributed by atoms with Crippen molar-refractivity contribution in [2.45, 2.75) is 77.6 Å². The van der Waals surface area contributed by atoms with Gasteiger partial charge in [0.05, 0.1) is 0 Å². The van der Waals surface area contributed by atoms with Gasteiger partial charge in [-0.15, -0.1) is 6.58 Å². The molecule has 1 saturated carbocycles. The molecule has 0 aromatic heterocycles. The Morgan fingerprint density at radius 1 is 0.897 bits per heavy atom. The summed E-state index contributed by atoms with van der Waals surface area (Å²) < 4.78 is 14.8. The van der Waals surface area contributed by atoms with Gasteiger partial charge >= 0.3 is 0 Å². The molecule has 2 aromatic rings. The van der Waals surface area contributed by atoms with Gasteiger partial charge in [-0.25, -0.2) is 4.39 Å². The zero-order valence-corrected chi connectivity index (χ0v) is 18.1. The molecule has 0 bridgehead atoms. The lowest BCUT2D eigenvalue weighted by atomic mass is 9.78. The molecule has 1 aliphatic carbocycles. The van der Waals surface area contributed by atoms with Gasteiger partial charge in [-0.05, 0) is 60.3 Å². The third-order valence-corrected chi connectivity index (χ3v) is 6.71. The van der Waals surface area contributed by atoms with Crippen molar-refractivity contribution >= 4 is 0 Å². The molecule has 0 heterocycles. The van der Waals surface area contributed by atoms with Crippen LogP contribution in [0.1, 0.15) is 75.8 Å². The molecule has 0 radical (unpaired) electrons. The molecule has 1 aliphatic rings. The molecule has 0 amide bonds. The molecule has 0 unspecified atom stereocenters. The fourth-order valence-electron chi connectivity index (χ4n) is 4.74. The van der Waals surface area contributed by atoms with Crippen molar-refractivity contribution in [3.05, 3.63) is 72.1 Å². The Hall–Kier alpha value is -1.89. The van der Waals surface area contributed by atoms with Crippen molar-refractivity contribution in [3.63, 3.8) is 0 Å². The summed E-state index contributed by atoms with van der Waals surface area (Å²) in [6, 6.07) is 14.1. The first kappa shape index (κ1) is 21.8. The van der Waals surface area contributed by atoms with E-state index in [0.29, 0.717) is 5.56 Å². The second kappa shape index (κ2) is 11.3. The quantitative estimate of drug-likeness (QED) is 0.355. The molecule has 0 aliphatic heterocycles. The molecule has 29 heavy (non-hydrogen) atoms. The van der Waals surface area contributed by atoms with Crippen molar-refractivity contribution in [1.29, 1.82) is 0 Å². The van der Waals surface area contributed by atoms with Crippen LogP contribution in [0, 0.1) is 17.7 Å². The van der Waals surface area contributed by atoms with E-state index in [1.807, 2.05) is 24.3 Å². The number of unbranched alkanes of at least 4 members (excludes halogenated alkanes) is 1. The van der Waals surface area contributed by atoms with E-state index in [0.717, 1.165) is 42.2 Å². The van der Waals surface area contributed by atoms with Crippen molar-refractivity contribution in [1.82, 2.24) is 0 Å². The highest BCUT2D eigenvalue weighted by atomic mass is 19.1. The first-order valence-electron chi connectivity index (χ1n) is 11.7. The normalized spacial score (nSPS) is 19.2. The van der Waals surface area contributed by atoms with E-state index < -0.39 is 0 Å². The van der Waals surface area contributed by atoms with Crippen LogP contribution in [0.15, 0.2) is 55.1 Å². The van der Waals surface area contributed by atoms with E-state index in [9.17, 15) is 4.39 Å². The Kier molecular flexibility index (Phi) is 8.52. The summed E-state index contributed by atoms with van der Waals surface area (Å²) in [5.41, 5.74) is 4.08. The minimum atomic E-state index is -0.0929. The van der Waals surface area contributed by atoms with E-state index in [2.05, 4.69) is 31.7 Å². The molecule has 0 N–H and O–H groups in total. The van der Waals surface area contributed by atoms with Crippen LogP contribution in [0.5, 0.6) is 0 Å². The largest absolute Gasteiger partial charge is 0.206 e. The maximum atomic E-state index is 14.8. The average molecular weight is 393 g/mol. The number of hydrogen-bond acceptors (Lipinski definition) is 0. The maximum absolute atomic E-state index is 14.8. The number of hydrogen-bond donors (Lipinski definition) is 0. The van der Waals surface area contributed by atoms with Crippen LogP contribution in [-0.2, 0) is 12.8 Å². The zero-order valence-electron chi connectivity index (χ0n) is 18.1. The van der Waals surface area contributed by atoms with Crippen LogP contribution in [-0.4, -0.2) is 0 Å². The van der Waals surface area contributed by atoms with E-state index in [1.54, 1.807) is 6.07 Å². The molecule has 0 atom stereocenters. The lowest BCUT2D eigenvalue weighted by Crippen LogP contribution is -2.15. The molecule has 1 fully saturated rings. The number of allylic oxidation sites excluding steroid dienone is 1. The lowest BCUT2D eigenvalue weighted by Gasteiger charge is -2.28. The highest BCUT2D eigenvalue weighted by molar-refractivity contribution is 5.64.